The SMILES string of the molecule is CC(C)C(=O)NC(=S)Nc1cccnc1. The fraction of sp³-hybridized carbons (Fsp3) is 0.300. The van der Waals surface area contributed by atoms with Gasteiger partial charge < -0.3 is 10.6 Å². The third-order valence-electron chi connectivity index (χ3n) is 1.68. The average Bonchev–Trinajstić information content (AvgIpc) is 2.18. The molecule has 1 amide bonds. The van der Waals surface area contributed by atoms with Crippen LogP contribution in [-0.2, 0) is 4.79 Å². The van der Waals surface area contributed by atoms with Crippen molar-refractivity contribution in [3.63, 3.8) is 0 Å². The van der Waals surface area contributed by atoms with Crippen LogP contribution < -0.4 is 10.6 Å². The molecular weight excluding hydrogens is 210 g/mol. The van der Waals surface area contributed by atoms with E-state index in [4.69, 9.17) is 12.2 Å². The Morgan fingerprint density at radius 1 is 1.53 bits per heavy atom. The van der Waals surface area contributed by atoms with E-state index in [-0.39, 0.29) is 11.8 Å². The highest BCUT2D eigenvalue weighted by atomic mass is 32.1. The Morgan fingerprint density at radius 3 is 2.80 bits per heavy atom. The molecular formula is C10H13N3OS. The molecule has 15 heavy (non-hydrogen) atoms. The van der Waals surface area contributed by atoms with Crippen molar-refractivity contribution >= 4 is 28.9 Å². The standard InChI is InChI=1S/C10H13N3OS/c1-7(2)9(14)13-10(15)12-8-4-3-5-11-6-8/h3-7H,1-2H3,(H2,12,13,14,15). The molecule has 1 rings (SSSR count). The zero-order chi connectivity index (χ0) is 11.3. The van der Waals surface area contributed by atoms with Gasteiger partial charge in [-0.3, -0.25) is 9.78 Å². The molecule has 0 aromatic carbocycles. The van der Waals surface area contributed by atoms with E-state index in [0.717, 1.165) is 5.69 Å². The lowest BCUT2D eigenvalue weighted by atomic mass is 10.2. The second-order valence-corrected chi connectivity index (χ2v) is 3.75. The van der Waals surface area contributed by atoms with Gasteiger partial charge in [-0.05, 0) is 24.4 Å². The molecule has 0 bridgehead atoms. The summed E-state index contributed by atoms with van der Waals surface area (Å²) in [5, 5.41) is 5.74. The first-order chi connectivity index (χ1) is 7.09. The first kappa shape index (κ1) is 11.6. The summed E-state index contributed by atoms with van der Waals surface area (Å²) < 4.78 is 0. The highest BCUT2D eigenvalue weighted by Gasteiger charge is 2.08. The van der Waals surface area contributed by atoms with Crippen LogP contribution in [-0.4, -0.2) is 16.0 Å². The molecule has 5 heteroatoms. The van der Waals surface area contributed by atoms with Gasteiger partial charge in [0.15, 0.2) is 5.11 Å². The minimum atomic E-state index is -0.101. The van der Waals surface area contributed by atoms with Gasteiger partial charge in [0.2, 0.25) is 5.91 Å². The van der Waals surface area contributed by atoms with E-state index < -0.39 is 0 Å². The van der Waals surface area contributed by atoms with Gasteiger partial charge in [-0.15, -0.1) is 0 Å². The number of pyridine rings is 1. The molecule has 0 aliphatic heterocycles. The summed E-state index contributed by atoms with van der Waals surface area (Å²) in [7, 11) is 0. The van der Waals surface area contributed by atoms with Crippen molar-refractivity contribution in [3.05, 3.63) is 24.5 Å². The maximum Gasteiger partial charge on any atom is 0.228 e. The summed E-state index contributed by atoms with van der Waals surface area (Å²) in [6.07, 6.45) is 3.30. The van der Waals surface area contributed by atoms with Crippen molar-refractivity contribution < 1.29 is 4.79 Å². The third-order valence-corrected chi connectivity index (χ3v) is 1.88. The van der Waals surface area contributed by atoms with Gasteiger partial charge >= 0.3 is 0 Å². The summed E-state index contributed by atoms with van der Waals surface area (Å²) in [6.45, 7) is 3.62. The highest BCUT2D eigenvalue weighted by molar-refractivity contribution is 7.80. The smallest absolute Gasteiger partial charge is 0.228 e. The molecule has 4 nitrogen and oxygen atoms in total. The monoisotopic (exact) mass is 223 g/mol. The maximum atomic E-state index is 11.3. The van der Waals surface area contributed by atoms with Crippen molar-refractivity contribution in [2.24, 2.45) is 5.92 Å². The van der Waals surface area contributed by atoms with Crippen LogP contribution in [0.15, 0.2) is 24.5 Å². The van der Waals surface area contributed by atoms with E-state index in [1.165, 1.54) is 0 Å². The largest absolute Gasteiger partial charge is 0.331 e. The molecule has 0 aliphatic carbocycles. The number of nitrogens with zero attached hydrogens (tertiary/aromatic N) is 1. The molecule has 0 saturated carbocycles. The number of hydrogen-bond acceptors (Lipinski definition) is 3. The van der Waals surface area contributed by atoms with Gasteiger partial charge in [0, 0.05) is 12.1 Å². The van der Waals surface area contributed by atoms with Crippen molar-refractivity contribution in [2.75, 3.05) is 5.32 Å². The molecule has 0 fully saturated rings. The lowest BCUT2D eigenvalue weighted by Gasteiger charge is -2.10. The zero-order valence-electron chi connectivity index (χ0n) is 8.65. The first-order valence-electron chi connectivity index (χ1n) is 4.61. The molecule has 0 unspecified atom stereocenters. The number of hydrogen-bond donors (Lipinski definition) is 2. The van der Waals surface area contributed by atoms with Crippen LogP contribution in [0.5, 0.6) is 0 Å². The minimum absolute atomic E-state index is 0.0846. The Balaban J connectivity index is 2.47. The number of amides is 1. The van der Waals surface area contributed by atoms with Crippen LogP contribution in [0.4, 0.5) is 5.69 Å². The van der Waals surface area contributed by atoms with Crippen LogP contribution in [0, 0.1) is 5.92 Å². The number of aromatic nitrogens is 1. The van der Waals surface area contributed by atoms with E-state index in [2.05, 4.69) is 15.6 Å². The summed E-state index contributed by atoms with van der Waals surface area (Å²) in [5.41, 5.74) is 0.756. The molecule has 0 radical (unpaired) electrons. The molecule has 1 aromatic heterocycles. The van der Waals surface area contributed by atoms with E-state index in [0.29, 0.717) is 5.11 Å². The Kier molecular flexibility index (Phi) is 4.17. The lowest BCUT2D eigenvalue weighted by molar-refractivity contribution is -0.122. The number of thiocarbonyl (C=S) groups is 1. The highest BCUT2D eigenvalue weighted by Crippen LogP contribution is 2.02. The molecule has 0 atom stereocenters. The van der Waals surface area contributed by atoms with Crippen LogP contribution >= 0.6 is 12.2 Å². The number of anilines is 1. The number of nitrogens with one attached hydrogen (secondary N) is 2. The molecule has 2 N–H and O–H groups in total. The van der Waals surface area contributed by atoms with Gasteiger partial charge in [0.05, 0.1) is 11.9 Å². The third kappa shape index (κ3) is 4.03. The van der Waals surface area contributed by atoms with Crippen molar-refractivity contribution in [1.29, 1.82) is 0 Å². The van der Waals surface area contributed by atoms with E-state index in [9.17, 15) is 4.79 Å². The molecule has 0 spiro atoms. The zero-order valence-corrected chi connectivity index (χ0v) is 9.47. The van der Waals surface area contributed by atoms with Crippen LogP contribution in [0.2, 0.25) is 0 Å². The Morgan fingerprint density at radius 2 is 2.27 bits per heavy atom. The molecule has 1 aromatic rings. The second kappa shape index (κ2) is 5.41. The fourth-order valence-electron chi connectivity index (χ4n) is 0.855. The number of carbonyl (C=O) groups excluding carboxylic acids is 1. The van der Waals surface area contributed by atoms with Gasteiger partial charge in [-0.2, -0.15) is 0 Å². The fourth-order valence-corrected chi connectivity index (χ4v) is 1.07. The molecule has 1 heterocycles. The summed E-state index contributed by atoms with van der Waals surface area (Å²) >= 11 is 4.96. The van der Waals surface area contributed by atoms with Crippen molar-refractivity contribution in [2.45, 2.75) is 13.8 Å². The predicted octanol–water partition coefficient (Wildman–Crippen LogP) is 1.55. The van der Waals surface area contributed by atoms with Crippen molar-refractivity contribution in [1.82, 2.24) is 10.3 Å². The Labute approximate surface area is 94.1 Å². The first-order valence-corrected chi connectivity index (χ1v) is 5.02. The average molecular weight is 223 g/mol. The van der Waals surface area contributed by atoms with Crippen LogP contribution in [0.25, 0.3) is 0 Å². The van der Waals surface area contributed by atoms with Crippen molar-refractivity contribution in [3.8, 4) is 0 Å². The minimum Gasteiger partial charge on any atom is -0.331 e. The Bertz CT molecular complexity index is 351. The van der Waals surface area contributed by atoms with E-state index in [1.807, 2.05) is 19.9 Å². The van der Waals surface area contributed by atoms with Gasteiger partial charge in [-0.25, -0.2) is 0 Å². The number of rotatable bonds is 2. The van der Waals surface area contributed by atoms with Gasteiger partial charge in [0.1, 0.15) is 0 Å². The summed E-state index contributed by atoms with van der Waals surface area (Å²) in [5.74, 6) is -0.185. The topological polar surface area (TPSA) is 54.0 Å². The molecule has 0 aliphatic rings. The van der Waals surface area contributed by atoms with E-state index in [1.54, 1.807) is 18.5 Å². The quantitative estimate of drug-likeness (QED) is 0.747. The number of carbonyl (C=O) groups is 1. The molecule has 80 valence electrons. The summed E-state index contributed by atoms with van der Waals surface area (Å²) in [6, 6.07) is 3.61. The van der Waals surface area contributed by atoms with E-state index >= 15 is 0 Å². The van der Waals surface area contributed by atoms with Crippen LogP contribution in [0.3, 0.4) is 0 Å². The van der Waals surface area contributed by atoms with Crippen LogP contribution in [0.1, 0.15) is 13.8 Å². The second-order valence-electron chi connectivity index (χ2n) is 3.34. The lowest BCUT2D eigenvalue weighted by Crippen LogP contribution is -2.36. The van der Waals surface area contributed by atoms with Gasteiger partial charge in [-0.1, -0.05) is 13.8 Å². The predicted molar refractivity (Wildman–Crippen MR) is 63.4 cm³/mol. The Hall–Kier alpha value is -1.49. The maximum absolute atomic E-state index is 11.3. The normalized spacial score (nSPS) is 9.80. The summed E-state index contributed by atoms with van der Waals surface area (Å²) in [4.78, 5) is 15.2. The van der Waals surface area contributed by atoms with Gasteiger partial charge in [0.25, 0.3) is 0 Å². The molecule has 0 saturated heterocycles.